The largest absolute Gasteiger partial charge is 0.497 e. The first-order valence-corrected chi connectivity index (χ1v) is 9.10. The lowest BCUT2D eigenvalue weighted by molar-refractivity contribution is 0.297. The Balaban J connectivity index is 2.08. The Hall–Kier alpha value is -2.60. The molecule has 0 saturated carbocycles. The van der Waals surface area contributed by atoms with Crippen molar-refractivity contribution in [3.8, 4) is 5.75 Å². The van der Waals surface area contributed by atoms with Crippen LogP contribution in [0.4, 0.5) is 4.39 Å². The third-order valence-electron chi connectivity index (χ3n) is 4.22. The SMILES string of the molecule is CCNC(=NCc1cccc(F)c1)NCC(c1cccc(OC)c1)N(C)C. The number of nitrogens with one attached hydrogen (secondary N) is 2. The number of hydrogen-bond donors (Lipinski definition) is 2. The van der Waals surface area contributed by atoms with E-state index in [1.165, 1.54) is 12.1 Å². The van der Waals surface area contributed by atoms with Crippen molar-refractivity contribution in [2.24, 2.45) is 4.99 Å². The summed E-state index contributed by atoms with van der Waals surface area (Å²) in [5.41, 5.74) is 2.00. The van der Waals surface area contributed by atoms with Crippen molar-refractivity contribution < 1.29 is 9.13 Å². The van der Waals surface area contributed by atoms with E-state index in [2.05, 4.69) is 26.6 Å². The lowest BCUT2D eigenvalue weighted by atomic mass is 10.1. The molecule has 6 heteroatoms. The first-order valence-electron chi connectivity index (χ1n) is 9.10. The molecule has 1 atom stereocenters. The molecule has 0 fully saturated rings. The number of halogens is 1. The maximum atomic E-state index is 13.3. The molecule has 0 aliphatic carbocycles. The van der Waals surface area contributed by atoms with Crippen molar-refractivity contribution in [2.75, 3.05) is 34.3 Å². The molecule has 0 amide bonds. The lowest BCUT2D eigenvalue weighted by Gasteiger charge is -2.26. The second-order valence-corrected chi connectivity index (χ2v) is 6.46. The maximum absolute atomic E-state index is 13.3. The fourth-order valence-corrected chi connectivity index (χ4v) is 2.79. The van der Waals surface area contributed by atoms with Crippen LogP contribution in [0.1, 0.15) is 24.1 Å². The molecular weight excluding hydrogens is 343 g/mol. The smallest absolute Gasteiger partial charge is 0.191 e. The fourth-order valence-electron chi connectivity index (χ4n) is 2.79. The van der Waals surface area contributed by atoms with Gasteiger partial charge in [-0.05, 0) is 56.4 Å². The van der Waals surface area contributed by atoms with Gasteiger partial charge in [-0.1, -0.05) is 24.3 Å². The molecule has 0 radical (unpaired) electrons. The number of ether oxygens (including phenoxy) is 1. The average Bonchev–Trinajstić information content (AvgIpc) is 2.66. The molecule has 2 aromatic carbocycles. The van der Waals surface area contributed by atoms with Gasteiger partial charge in [0.1, 0.15) is 11.6 Å². The molecule has 2 aromatic rings. The van der Waals surface area contributed by atoms with Crippen LogP contribution in [0.5, 0.6) is 5.75 Å². The highest BCUT2D eigenvalue weighted by molar-refractivity contribution is 5.79. The van der Waals surface area contributed by atoms with Crippen LogP contribution in [0.3, 0.4) is 0 Å². The summed E-state index contributed by atoms with van der Waals surface area (Å²) in [5.74, 6) is 1.30. The molecule has 0 bridgehead atoms. The Bertz CT molecular complexity index is 748. The topological polar surface area (TPSA) is 48.9 Å². The van der Waals surface area contributed by atoms with Gasteiger partial charge in [0.05, 0.1) is 19.7 Å². The molecule has 0 aliphatic rings. The zero-order valence-corrected chi connectivity index (χ0v) is 16.5. The zero-order chi connectivity index (χ0) is 19.6. The van der Waals surface area contributed by atoms with Crippen LogP contribution in [0.15, 0.2) is 53.5 Å². The highest BCUT2D eigenvalue weighted by atomic mass is 19.1. The number of guanidine groups is 1. The monoisotopic (exact) mass is 372 g/mol. The molecule has 2 N–H and O–H groups in total. The number of hydrogen-bond acceptors (Lipinski definition) is 3. The zero-order valence-electron chi connectivity index (χ0n) is 16.5. The van der Waals surface area contributed by atoms with E-state index in [0.29, 0.717) is 19.0 Å². The molecule has 0 saturated heterocycles. The first kappa shape index (κ1) is 20.7. The molecule has 0 spiro atoms. The Morgan fingerprint density at radius 1 is 1.15 bits per heavy atom. The Morgan fingerprint density at radius 3 is 2.59 bits per heavy atom. The predicted molar refractivity (Wildman–Crippen MR) is 109 cm³/mol. The van der Waals surface area contributed by atoms with E-state index >= 15 is 0 Å². The van der Waals surface area contributed by atoms with Gasteiger partial charge in [-0.25, -0.2) is 9.38 Å². The highest BCUT2D eigenvalue weighted by Gasteiger charge is 2.15. The van der Waals surface area contributed by atoms with Crippen LogP contribution >= 0.6 is 0 Å². The van der Waals surface area contributed by atoms with Gasteiger partial charge in [-0.15, -0.1) is 0 Å². The minimum Gasteiger partial charge on any atom is -0.497 e. The van der Waals surface area contributed by atoms with E-state index in [1.807, 2.05) is 45.3 Å². The molecule has 2 rings (SSSR count). The second kappa shape index (κ2) is 10.5. The number of nitrogens with zero attached hydrogens (tertiary/aromatic N) is 2. The number of likely N-dealkylation sites (N-methyl/N-ethyl adjacent to an activating group) is 1. The minimum absolute atomic E-state index is 0.151. The first-order chi connectivity index (χ1) is 13.0. The van der Waals surface area contributed by atoms with Crippen LogP contribution in [0.2, 0.25) is 0 Å². The van der Waals surface area contributed by atoms with Crippen molar-refractivity contribution in [3.63, 3.8) is 0 Å². The number of benzene rings is 2. The molecule has 0 aromatic heterocycles. The molecular formula is C21H29FN4O. The summed E-state index contributed by atoms with van der Waals surface area (Å²) in [4.78, 5) is 6.72. The lowest BCUT2D eigenvalue weighted by Crippen LogP contribution is -2.41. The standard InChI is InChI=1S/C21H29FN4O/c1-5-23-21(24-14-16-8-6-10-18(22)12-16)25-15-20(26(2)3)17-9-7-11-19(13-17)27-4/h6-13,20H,5,14-15H2,1-4H3,(H2,23,24,25). The quantitative estimate of drug-likeness (QED) is 0.552. The van der Waals surface area contributed by atoms with E-state index in [1.54, 1.807) is 13.2 Å². The summed E-state index contributed by atoms with van der Waals surface area (Å²) in [5, 5.41) is 6.62. The van der Waals surface area contributed by atoms with E-state index in [-0.39, 0.29) is 11.9 Å². The second-order valence-electron chi connectivity index (χ2n) is 6.46. The minimum atomic E-state index is -0.244. The highest BCUT2D eigenvalue weighted by Crippen LogP contribution is 2.22. The third-order valence-corrected chi connectivity index (χ3v) is 4.22. The van der Waals surface area contributed by atoms with E-state index in [0.717, 1.165) is 23.4 Å². The van der Waals surface area contributed by atoms with Gasteiger partial charge in [0.2, 0.25) is 0 Å². The van der Waals surface area contributed by atoms with Gasteiger partial charge in [0, 0.05) is 13.1 Å². The normalized spacial score (nSPS) is 12.7. The summed E-state index contributed by atoms with van der Waals surface area (Å²) >= 11 is 0. The van der Waals surface area contributed by atoms with E-state index in [9.17, 15) is 4.39 Å². The van der Waals surface area contributed by atoms with E-state index < -0.39 is 0 Å². The van der Waals surface area contributed by atoms with Gasteiger partial charge >= 0.3 is 0 Å². The molecule has 146 valence electrons. The van der Waals surface area contributed by atoms with Crippen LogP contribution in [0, 0.1) is 5.82 Å². The van der Waals surface area contributed by atoms with Gasteiger partial charge in [0.15, 0.2) is 5.96 Å². The molecule has 0 aliphatic heterocycles. The summed E-state index contributed by atoms with van der Waals surface area (Å²) in [6, 6.07) is 14.7. The predicted octanol–water partition coefficient (Wildman–Crippen LogP) is 3.19. The van der Waals surface area contributed by atoms with Crippen molar-refractivity contribution in [1.82, 2.24) is 15.5 Å². The Kier molecular flexibility index (Phi) is 8.07. The summed E-state index contributed by atoms with van der Waals surface area (Å²) in [6.45, 7) is 3.86. The van der Waals surface area contributed by atoms with Crippen LogP contribution in [-0.2, 0) is 6.54 Å². The molecule has 5 nitrogen and oxygen atoms in total. The Morgan fingerprint density at radius 2 is 1.93 bits per heavy atom. The van der Waals surface area contributed by atoms with Crippen molar-refractivity contribution >= 4 is 5.96 Å². The summed E-state index contributed by atoms with van der Waals surface area (Å²) in [7, 11) is 5.76. The van der Waals surface area contributed by atoms with Crippen LogP contribution in [0.25, 0.3) is 0 Å². The molecule has 0 heterocycles. The number of rotatable bonds is 8. The number of aliphatic imine (C=N–C) groups is 1. The third kappa shape index (κ3) is 6.57. The molecule has 1 unspecified atom stereocenters. The van der Waals surface area contributed by atoms with Crippen molar-refractivity contribution in [1.29, 1.82) is 0 Å². The number of methoxy groups -OCH3 is 1. The summed E-state index contributed by atoms with van der Waals surface area (Å²) in [6.07, 6.45) is 0. The van der Waals surface area contributed by atoms with Gasteiger partial charge in [-0.3, -0.25) is 0 Å². The van der Waals surface area contributed by atoms with E-state index in [4.69, 9.17) is 4.74 Å². The average molecular weight is 372 g/mol. The maximum Gasteiger partial charge on any atom is 0.191 e. The van der Waals surface area contributed by atoms with Gasteiger partial charge in [-0.2, -0.15) is 0 Å². The Labute approximate surface area is 161 Å². The van der Waals surface area contributed by atoms with Crippen molar-refractivity contribution in [2.45, 2.75) is 19.5 Å². The summed E-state index contributed by atoms with van der Waals surface area (Å²) < 4.78 is 18.7. The molecule has 27 heavy (non-hydrogen) atoms. The van der Waals surface area contributed by atoms with Crippen LogP contribution in [-0.4, -0.2) is 45.2 Å². The van der Waals surface area contributed by atoms with Gasteiger partial charge < -0.3 is 20.3 Å². The van der Waals surface area contributed by atoms with Crippen molar-refractivity contribution in [3.05, 3.63) is 65.5 Å². The fraction of sp³-hybridized carbons (Fsp3) is 0.381. The van der Waals surface area contributed by atoms with Crippen LogP contribution < -0.4 is 15.4 Å². The van der Waals surface area contributed by atoms with Gasteiger partial charge in [0.25, 0.3) is 0 Å².